The summed E-state index contributed by atoms with van der Waals surface area (Å²) >= 11 is 0. The molecule has 0 radical (unpaired) electrons. The Bertz CT molecular complexity index is 498. The minimum atomic E-state index is 0.648. The first kappa shape index (κ1) is 10.5. The van der Waals surface area contributed by atoms with Gasteiger partial charge in [-0.15, -0.1) is 0 Å². The highest BCUT2D eigenvalue weighted by Gasteiger charge is 2.20. The van der Waals surface area contributed by atoms with Gasteiger partial charge in [-0.1, -0.05) is 0 Å². The molecule has 1 saturated heterocycles. The second kappa shape index (κ2) is 4.33. The van der Waals surface area contributed by atoms with Gasteiger partial charge in [-0.25, -0.2) is 9.97 Å². The molecular formula is C12H17N5. The molecular weight excluding hydrogens is 214 g/mol. The van der Waals surface area contributed by atoms with Crippen molar-refractivity contribution in [3.63, 3.8) is 0 Å². The van der Waals surface area contributed by atoms with Crippen molar-refractivity contribution in [3.05, 3.63) is 18.6 Å². The van der Waals surface area contributed by atoms with E-state index in [4.69, 9.17) is 0 Å². The van der Waals surface area contributed by atoms with E-state index in [1.807, 2.05) is 13.2 Å². The number of aromatic amines is 1. The molecule has 5 nitrogen and oxygen atoms in total. The van der Waals surface area contributed by atoms with Crippen LogP contribution in [0, 0.1) is 0 Å². The van der Waals surface area contributed by atoms with Crippen LogP contribution in [0.3, 0.4) is 0 Å². The van der Waals surface area contributed by atoms with Crippen LogP contribution < -0.4 is 10.2 Å². The van der Waals surface area contributed by atoms with Crippen molar-refractivity contribution in [2.45, 2.75) is 18.9 Å². The van der Waals surface area contributed by atoms with Gasteiger partial charge in [0.05, 0.1) is 5.39 Å². The SMILES string of the molecule is CNC1CCN(c2ncnc3[nH]ccc23)CC1. The molecule has 17 heavy (non-hydrogen) atoms. The minimum absolute atomic E-state index is 0.648. The molecule has 3 heterocycles. The number of piperidine rings is 1. The lowest BCUT2D eigenvalue weighted by atomic mass is 10.1. The van der Waals surface area contributed by atoms with Crippen LogP contribution in [0.15, 0.2) is 18.6 Å². The Morgan fingerprint density at radius 1 is 1.35 bits per heavy atom. The minimum Gasteiger partial charge on any atom is -0.356 e. The Kier molecular flexibility index (Phi) is 2.68. The Morgan fingerprint density at radius 3 is 2.94 bits per heavy atom. The smallest absolute Gasteiger partial charge is 0.142 e. The van der Waals surface area contributed by atoms with E-state index in [9.17, 15) is 0 Å². The molecule has 3 rings (SSSR count). The average Bonchev–Trinajstić information content (AvgIpc) is 2.87. The molecule has 0 aromatic carbocycles. The molecule has 0 bridgehead atoms. The van der Waals surface area contributed by atoms with Crippen molar-refractivity contribution in [1.82, 2.24) is 20.3 Å². The van der Waals surface area contributed by atoms with Crippen molar-refractivity contribution in [2.75, 3.05) is 25.0 Å². The zero-order valence-corrected chi connectivity index (χ0v) is 9.98. The molecule has 0 amide bonds. The molecule has 0 spiro atoms. The Hall–Kier alpha value is -1.62. The summed E-state index contributed by atoms with van der Waals surface area (Å²) in [7, 11) is 2.04. The van der Waals surface area contributed by atoms with E-state index in [2.05, 4.69) is 31.2 Å². The fourth-order valence-corrected chi connectivity index (χ4v) is 2.49. The molecule has 2 aromatic heterocycles. The fraction of sp³-hybridized carbons (Fsp3) is 0.500. The summed E-state index contributed by atoms with van der Waals surface area (Å²) in [6.07, 6.45) is 5.90. The summed E-state index contributed by atoms with van der Waals surface area (Å²) in [5.74, 6) is 1.06. The van der Waals surface area contributed by atoms with Crippen LogP contribution >= 0.6 is 0 Å². The van der Waals surface area contributed by atoms with Gasteiger partial charge in [-0.05, 0) is 26.0 Å². The number of aromatic nitrogens is 3. The van der Waals surface area contributed by atoms with Gasteiger partial charge >= 0.3 is 0 Å². The maximum Gasteiger partial charge on any atom is 0.142 e. The van der Waals surface area contributed by atoms with Gasteiger partial charge in [0.25, 0.3) is 0 Å². The molecule has 2 N–H and O–H groups in total. The van der Waals surface area contributed by atoms with Crippen molar-refractivity contribution in [2.24, 2.45) is 0 Å². The summed E-state index contributed by atoms with van der Waals surface area (Å²) in [6, 6.07) is 2.70. The van der Waals surface area contributed by atoms with E-state index in [0.717, 1.165) is 29.9 Å². The third kappa shape index (κ3) is 1.86. The summed E-state index contributed by atoms with van der Waals surface area (Å²) < 4.78 is 0. The largest absolute Gasteiger partial charge is 0.356 e. The van der Waals surface area contributed by atoms with Gasteiger partial charge in [0.15, 0.2) is 0 Å². The Balaban J connectivity index is 1.87. The first-order valence-corrected chi connectivity index (χ1v) is 6.09. The number of nitrogens with zero attached hydrogens (tertiary/aromatic N) is 3. The average molecular weight is 231 g/mol. The summed E-state index contributed by atoms with van der Waals surface area (Å²) in [5.41, 5.74) is 0.922. The van der Waals surface area contributed by atoms with E-state index in [-0.39, 0.29) is 0 Å². The predicted molar refractivity (Wildman–Crippen MR) is 68.2 cm³/mol. The monoisotopic (exact) mass is 231 g/mol. The molecule has 0 aliphatic carbocycles. The van der Waals surface area contributed by atoms with Gasteiger partial charge < -0.3 is 15.2 Å². The van der Waals surface area contributed by atoms with Crippen LogP contribution in [0.2, 0.25) is 0 Å². The second-order valence-corrected chi connectivity index (χ2v) is 4.49. The van der Waals surface area contributed by atoms with E-state index >= 15 is 0 Å². The van der Waals surface area contributed by atoms with Crippen LogP contribution in [0.5, 0.6) is 0 Å². The number of fused-ring (bicyclic) bond motifs is 1. The Morgan fingerprint density at radius 2 is 2.18 bits per heavy atom. The zero-order chi connectivity index (χ0) is 11.7. The predicted octanol–water partition coefficient (Wildman–Crippen LogP) is 1.15. The molecule has 1 aliphatic rings. The normalized spacial score (nSPS) is 17.8. The van der Waals surface area contributed by atoms with Crippen molar-refractivity contribution < 1.29 is 0 Å². The van der Waals surface area contributed by atoms with Crippen LogP contribution in [-0.4, -0.2) is 41.1 Å². The van der Waals surface area contributed by atoms with Crippen molar-refractivity contribution >= 4 is 16.9 Å². The van der Waals surface area contributed by atoms with Crippen LogP contribution in [-0.2, 0) is 0 Å². The first-order valence-electron chi connectivity index (χ1n) is 6.09. The lowest BCUT2D eigenvalue weighted by molar-refractivity contribution is 0.441. The molecule has 90 valence electrons. The third-order valence-corrected chi connectivity index (χ3v) is 3.54. The fourth-order valence-electron chi connectivity index (χ4n) is 2.49. The van der Waals surface area contributed by atoms with Gasteiger partial charge in [0.1, 0.15) is 17.8 Å². The van der Waals surface area contributed by atoms with Crippen LogP contribution in [0.1, 0.15) is 12.8 Å². The van der Waals surface area contributed by atoms with Gasteiger partial charge in [0, 0.05) is 25.3 Å². The van der Waals surface area contributed by atoms with E-state index in [1.165, 1.54) is 12.8 Å². The van der Waals surface area contributed by atoms with Gasteiger partial charge in [0.2, 0.25) is 0 Å². The molecule has 1 fully saturated rings. The topological polar surface area (TPSA) is 56.8 Å². The number of hydrogen-bond donors (Lipinski definition) is 2. The van der Waals surface area contributed by atoms with Gasteiger partial charge in [-0.3, -0.25) is 0 Å². The molecule has 0 saturated carbocycles. The molecule has 2 aromatic rings. The van der Waals surface area contributed by atoms with E-state index in [1.54, 1.807) is 6.33 Å². The number of rotatable bonds is 2. The highest BCUT2D eigenvalue weighted by molar-refractivity contribution is 5.87. The highest BCUT2D eigenvalue weighted by Crippen LogP contribution is 2.24. The summed E-state index contributed by atoms with van der Waals surface area (Å²) in [6.45, 7) is 2.12. The highest BCUT2D eigenvalue weighted by atomic mass is 15.2. The lowest BCUT2D eigenvalue weighted by Crippen LogP contribution is -2.41. The quantitative estimate of drug-likeness (QED) is 0.814. The van der Waals surface area contributed by atoms with Crippen molar-refractivity contribution in [3.8, 4) is 0 Å². The number of H-pyrrole nitrogens is 1. The zero-order valence-electron chi connectivity index (χ0n) is 9.98. The van der Waals surface area contributed by atoms with E-state index < -0.39 is 0 Å². The van der Waals surface area contributed by atoms with Crippen LogP contribution in [0.4, 0.5) is 5.82 Å². The molecule has 1 aliphatic heterocycles. The summed E-state index contributed by atoms with van der Waals surface area (Å²) in [5, 5.41) is 4.46. The van der Waals surface area contributed by atoms with E-state index in [0.29, 0.717) is 6.04 Å². The number of hydrogen-bond acceptors (Lipinski definition) is 4. The second-order valence-electron chi connectivity index (χ2n) is 4.49. The molecule has 5 heteroatoms. The van der Waals surface area contributed by atoms with Gasteiger partial charge in [-0.2, -0.15) is 0 Å². The van der Waals surface area contributed by atoms with Crippen LogP contribution in [0.25, 0.3) is 11.0 Å². The third-order valence-electron chi connectivity index (χ3n) is 3.54. The standard InChI is InChI=1S/C12H17N5/c1-13-9-3-6-17(7-4-9)12-10-2-5-14-11(10)15-8-16-12/h2,5,8-9,13H,3-4,6-7H2,1H3,(H,14,15,16). The Labute approximate surface area is 100 Å². The number of nitrogens with one attached hydrogen (secondary N) is 2. The lowest BCUT2D eigenvalue weighted by Gasteiger charge is -2.32. The maximum atomic E-state index is 4.43. The van der Waals surface area contributed by atoms with Crippen molar-refractivity contribution in [1.29, 1.82) is 0 Å². The molecule has 0 unspecified atom stereocenters. The first-order chi connectivity index (χ1) is 8.38. The summed E-state index contributed by atoms with van der Waals surface area (Å²) in [4.78, 5) is 14.1. The number of anilines is 1. The molecule has 0 atom stereocenters. The maximum absolute atomic E-state index is 4.43.